The van der Waals surface area contributed by atoms with Crippen LogP contribution in [0.5, 0.6) is 0 Å². The molecule has 1 aromatic carbocycles. The van der Waals surface area contributed by atoms with Gasteiger partial charge in [-0.05, 0) is 19.4 Å². The van der Waals surface area contributed by atoms with Crippen molar-refractivity contribution in [1.82, 2.24) is 5.32 Å². The Hall–Kier alpha value is -1.35. The molecule has 1 rings (SSSR count). The van der Waals surface area contributed by atoms with E-state index in [0.29, 0.717) is 0 Å². The molecule has 0 fully saturated rings. The number of nitrogens with two attached hydrogens (primary N) is 1. The monoisotopic (exact) mass is 191 g/mol. The van der Waals surface area contributed by atoms with E-state index in [1.54, 1.807) is 6.92 Å². The molecule has 0 aliphatic rings. The summed E-state index contributed by atoms with van der Waals surface area (Å²) in [7, 11) is 0. The molecular formula is C11H15N2O. The lowest BCUT2D eigenvalue weighted by Crippen LogP contribution is -2.34. The lowest BCUT2D eigenvalue weighted by molar-refractivity contribution is -0.123. The molecule has 0 spiro atoms. The van der Waals surface area contributed by atoms with E-state index in [1.165, 1.54) is 0 Å². The molecule has 0 bridgehead atoms. The molecule has 0 saturated carbocycles. The molecule has 1 amide bonds. The second-order valence-electron chi connectivity index (χ2n) is 3.34. The second kappa shape index (κ2) is 4.77. The Balaban J connectivity index is 2.66. The Morgan fingerprint density at radius 3 is 2.36 bits per heavy atom. The highest BCUT2D eigenvalue weighted by Gasteiger charge is 2.16. The first-order chi connectivity index (χ1) is 6.61. The second-order valence-corrected chi connectivity index (χ2v) is 3.34. The Kier molecular flexibility index (Phi) is 3.65. The van der Waals surface area contributed by atoms with Crippen LogP contribution < -0.4 is 11.1 Å². The van der Waals surface area contributed by atoms with Crippen LogP contribution in [0.1, 0.15) is 25.3 Å². The van der Waals surface area contributed by atoms with Crippen LogP contribution in [0.15, 0.2) is 30.3 Å². The van der Waals surface area contributed by atoms with E-state index in [-0.39, 0.29) is 11.8 Å². The Morgan fingerprint density at radius 2 is 1.86 bits per heavy atom. The Labute approximate surface area is 84.3 Å². The summed E-state index contributed by atoms with van der Waals surface area (Å²) in [4.78, 5) is 11.5. The van der Waals surface area contributed by atoms with Gasteiger partial charge in [0.05, 0.1) is 12.1 Å². The third kappa shape index (κ3) is 2.85. The van der Waals surface area contributed by atoms with Crippen molar-refractivity contribution < 1.29 is 4.79 Å². The molecule has 0 aromatic heterocycles. The van der Waals surface area contributed by atoms with Gasteiger partial charge >= 0.3 is 0 Å². The minimum Gasteiger partial charge on any atom is -0.310 e. The van der Waals surface area contributed by atoms with E-state index < -0.39 is 6.17 Å². The minimum atomic E-state index is -0.423. The molecule has 0 heterocycles. The lowest BCUT2D eigenvalue weighted by Gasteiger charge is -2.11. The van der Waals surface area contributed by atoms with Gasteiger partial charge in [0.15, 0.2) is 0 Å². The SMILES string of the molecule is CC(N)[N]C(=O)C(C)c1ccccc1. The minimum absolute atomic E-state index is 0.161. The van der Waals surface area contributed by atoms with Crippen molar-refractivity contribution in [1.29, 1.82) is 0 Å². The molecule has 3 heteroatoms. The third-order valence-corrected chi connectivity index (χ3v) is 2.00. The zero-order valence-corrected chi connectivity index (χ0v) is 8.47. The van der Waals surface area contributed by atoms with Gasteiger partial charge in [0.25, 0.3) is 0 Å². The van der Waals surface area contributed by atoms with E-state index >= 15 is 0 Å². The van der Waals surface area contributed by atoms with Crippen LogP contribution >= 0.6 is 0 Å². The van der Waals surface area contributed by atoms with Crippen molar-refractivity contribution in [3.63, 3.8) is 0 Å². The van der Waals surface area contributed by atoms with Crippen LogP contribution in [0.4, 0.5) is 0 Å². The molecule has 75 valence electrons. The maximum Gasteiger partial charge on any atom is 0.249 e. The third-order valence-electron chi connectivity index (χ3n) is 2.00. The van der Waals surface area contributed by atoms with Crippen LogP contribution in [0, 0.1) is 0 Å². The predicted octanol–water partition coefficient (Wildman–Crippen LogP) is 1.23. The highest BCUT2D eigenvalue weighted by atomic mass is 16.2. The van der Waals surface area contributed by atoms with E-state index in [4.69, 9.17) is 5.73 Å². The van der Waals surface area contributed by atoms with Gasteiger partial charge in [-0.25, -0.2) is 5.32 Å². The highest BCUT2D eigenvalue weighted by Crippen LogP contribution is 2.14. The summed E-state index contributed by atoms with van der Waals surface area (Å²) < 4.78 is 0. The number of benzene rings is 1. The first-order valence-electron chi connectivity index (χ1n) is 4.66. The normalized spacial score (nSPS) is 14.5. The molecule has 14 heavy (non-hydrogen) atoms. The number of rotatable bonds is 3. The van der Waals surface area contributed by atoms with E-state index in [1.807, 2.05) is 37.3 Å². The summed E-state index contributed by atoms with van der Waals surface area (Å²) in [5.74, 6) is -0.367. The summed E-state index contributed by atoms with van der Waals surface area (Å²) in [6.07, 6.45) is -0.423. The zero-order chi connectivity index (χ0) is 10.6. The van der Waals surface area contributed by atoms with E-state index in [2.05, 4.69) is 5.32 Å². The highest BCUT2D eigenvalue weighted by molar-refractivity contribution is 5.83. The quantitative estimate of drug-likeness (QED) is 0.781. The first kappa shape index (κ1) is 10.7. The first-order valence-corrected chi connectivity index (χ1v) is 4.66. The van der Waals surface area contributed by atoms with Gasteiger partial charge in [-0.2, -0.15) is 0 Å². The molecule has 3 nitrogen and oxygen atoms in total. The zero-order valence-electron chi connectivity index (χ0n) is 8.47. The van der Waals surface area contributed by atoms with E-state index in [9.17, 15) is 4.79 Å². The van der Waals surface area contributed by atoms with E-state index in [0.717, 1.165) is 5.56 Å². The van der Waals surface area contributed by atoms with Gasteiger partial charge in [0.1, 0.15) is 0 Å². The fourth-order valence-corrected chi connectivity index (χ4v) is 1.20. The summed E-state index contributed by atoms with van der Waals surface area (Å²) >= 11 is 0. The smallest absolute Gasteiger partial charge is 0.249 e. The van der Waals surface area contributed by atoms with Crippen molar-refractivity contribution in [2.75, 3.05) is 0 Å². The molecule has 0 saturated heterocycles. The molecule has 0 aliphatic heterocycles. The summed E-state index contributed by atoms with van der Waals surface area (Å²) in [6.45, 7) is 3.53. The van der Waals surface area contributed by atoms with Gasteiger partial charge in [0, 0.05) is 0 Å². The van der Waals surface area contributed by atoms with Crippen LogP contribution in [-0.2, 0) is 4.79 Å². The number of nitrogens with zero attached hydrogens (tertiary/aromatic N) is 1. The summed E-state index contributed by atoms with van der Waals surface area (Å²) in [6, 6.07) is 9.57. The average molecular weight is 191 g/mol. The van der Waals surface area contributed by atoms with Gasteiger partial charge in [-0.1, -0.05) is 30.3 Å². The number of amides is 1. The maximum atomic E-state index is 11.5. The van der Waals surface area contributed by atoms with Gasteiger partial charge in [-0.3, -0.25) is 4.79 Å². The van der Waals surface area contributed by atoms with Gasteiger partial charge in [-0.15, -0.1) is 0 Å². The molecule has 2 atom stereocenters. The Bertz CT molecular complexity index is 295. The summed E-state index contributed by atoms with van der Waals surface area (Å²) in [5, 5.41) is 3.79. The van der Waals surface area contributed by atoms with Crippen molar-refractivity contribution in [2.45, 2.75) is 25.9 Å². The van der Waals surface area contributed by atoms with Crippen molar-refractivity contribution in [3.05, 3.63) is 35.9 Å². The lowest BCUT2D eigenvalue weighted by atomic mass is 10.0. The summed E-state index contributed by atoms with van der Waals surface area (Å²) in [5.41, 5.74) is 6.40. The topological polar surface area (TPSA) is 57.2 Å². The van der Waals surface area contributed by atoms with Crippen LogP contribution in [0.25, 0.3) is 0 Å². The molecule has 2 N–H and O–H groups in total. The van der Waals surface area contributed by atoms with Crippen LogP contribution in [0.3, 0.4) is 0 Å². The average Bonchev–Trinajstić information content (AvgIpc) is 2.17. The number of carbonyl (C=O) groups is 1. The van der Waals surface area contributed by atoms with Gasteiger partial charge < -0.3 is 5.73 Å². The van der Waals surface area contributed by atoms with Crippen LogP contribution in [-0.4, -0.2) is 12.1 Å². The molecule has 2 unspecified atom stereocenters. The number of hydrogen-bond acceptors (Lipinski definition) is 2. The molecule has 0 aliphatic carbocycles. The molecule has 1 radical (unpaired) electrons. The largest absolute Gasteiger partial charge is 0.310 e. The molecule has 1 aromatic rings. The van der Waals surface area contributed by atoms with Gasteiger partial charge in [0.2, 0.25) is 5.91 Å². The number of carbonyl (C=O) groups excluding carboxylic acids is 1. The van der Waals surface area contributed by atoms with Crippen molar-refractivity contribution in [3.8, 4) is 0 Å². The fourth-order valence-electron chi connectivity index (χ4n) is 1.20. The van der Waals surface area contributed by atoms with Crippen LogP contribution in [0.2, 0.25) is 0 Å². The molecular weight excluding hydrogens is 176 g/mol. The Morgan fingerprint density at radius 1 is 1.29 bits per heavy atom. The standard InChI is InChI=1S/C11H15N2O/c1-8(11(14)13-9(2)12)10-6-4-3-5-7-10/h3-9H,12H2,1-2H3. The van der Waals surface area contributed by atoms with Crippen molar-refractivity contribution >= 4 is 5.91 Å². The fraction of sp³-hybridized carbons (Fsp3) is 0.364. The predicted molar refractivity (Wildman–Crippen MR) is 55.6 cm³/mol. The number of hydrogen-bond donors (Lipinski definition) is 1. The maximum absolute atomic E-state index is 11.5. The van der Waals surface area contributed by atoms with Crippen molar-refractivity contribution in [2.24, 2.45) is 5.73 Å².